The number of benzene rings is 1. The first-order valence-electron chi connectivity index (χ1n) is 11.0. The number of rotatable bonds is 14. The molecule has 0 saturated carbocycles. The molecule has 0 bridgehead atoms. The number of unbranched alkanes of at least 4 members (excludes halogenated alkanes) is 8. The van der Waals surface area contributed by atoms with Gasteiger partial charge in [0.1, 0.15) is 5.82 Å². The Morgan fingerprint density at radius 3 is 2.15 bits per heavy atom. The monoisotopic (exact) mass is 454 g/mol. The molecule has 0 fully saturated rings. The molecule has 0 amide bonds. The van der Waals surface area contributed by atoms with E-state index in [-0.39, 0.29) is 5.82 Å². The third kappa shape index (κ3) is 7.85. The van der Waals surface area contributed by atoms with E-state index in [0.29, 0.717) is 5.92 Å². The van der Waals surface area contributed by atoms with Crippen LogP contribution in [0.5, 0.6) is 0 Å². The van der Waals surface area contributed by atoms with Gasteiger partial charge in [0.05, 0.1) is 0 Å². The Morgan fingerprint density at radius 2 is 1.48 bits per heavy atom. The van der Waals surface area contributed by atoms with E-state index in [2.05, 4.69) is 35.8 Å². The van der Waals surface area contributed by atoms with Crippen LogP contribution >= 0.6 is 27.3 Å². The van der Waals surface area contributed by atoms with Gasteiger partial charge in [-0.15, -0.1) is 11.3 Å². The molecule has 3 heteroatoms. The van der Waals surface area contributed by atoms with Crippen LogP contribution in [0.1, 0.15) is 95.8 Å². The second-order valence-electron chi connectivity index (χ2n) is 7.96. The second-order valence-corrected chi connectivity index (χ2v) is 10.0. The van der Waals surface area contributed by atoms with Gasteiger partial charge in [0.15, 0.2) is 0 Å². The number of thiophene rings is 1. The summed E-state index contributed by atoms with van der Waals surface area (Å²) in [6.45, 7) is 4.53. The maximum atomic E-state index is 14.9. The molecule has 27 heavy (non-hydrogen) atoms. The van der Waals surface area contributed by atoms with E-state index in [4.69, 9.17) is 0 Å². The minimum Gasteiger partial charge on any atom is -0.205 e. The van der Waals surface area contributed by atoms with Crippen LogP contribution in [0.4, 0.5) is 4.39 Å². The molecular formula is C24H36BrFS. The Balaban J connectivity index is 1.94. The molecule has 0 radical (unpaired) electrons. The van der Waals surface area contributed by atoms with Crippen molar-refractivity contribution in [3.05, 3.63) is 33.4 Å². The van der Waals surface area contributed by atoms with E-state index in [1.807, 2.05) is 12.1 Å². The van der Waals surface area contributed by atoms with Gasteiger partial charge in [-0.1, -0.05) is 107 Å². The van der Waals surface area contributed by atoms with E-state index in [0.717, 1.165) is 25.9 Å². The minimum atomic E-state index is 0.0315. The van der Waals surface area contributed by atoms with Gasteiger partial charge in [-0.05, 0) is 30.5 Å². The van der Waals surface area contributed by atoms with Gasteiger partial charge in [0.25, 0.3) is 0 Å². The van der Waals surface area contributed by atoms with Crippen molar-refractivity contribution in [2.45, 2.75) is 97.3 Å². The van der Waals surface area contributed by atoms with E-state index < -0.39 is 0 Å². The standard InChI is InChI=1S/C24H36BrFS/c1-3-5-7-9-10-12-14-19(13-11-8-6-4-2)17-23-24(26)21-16-15-20(25)18-22(21)27-23/h15-16,18-19H,3-14,17H2,1-2H3. The van der Waals surface area contributed by atoms with Crippen molar-refractivity contribution in [3.8, 4) is 0 Å². The van der Waals surface area contributed by atoms with E-state index in [1.165, 1.54) is 77.0 Å². The van der Waals surface area contributed by atoms with Crippen LogP contribution in [0.15, 0.2) is 22.7 Å². The van der Waals surface area contributed by atoms with Gasteiger partial charge in [-0.25, -0.2) is 4.39 Å². The highest BCUT2D eigenvalue weighted by Gasteiger charge is 2.17. The molecule has 0 aliphatic heterocycles. The van der Waals surface area contributed by atoms with Gasteiger partial charge in [0.2, 0.25) is 0 Å². The summed E-state index contributed by atoms with van der Waals surface area (Å²) in [6.07, 6.45) is 16.7. The Morgan fingerprint density at radius 1 is 0.889 bits per heavy atom. The van der Waals surface area contributed by atoms with Crippen molar-refractivity contribution in [3.63, 3.8) is 0 Å². The average molecular weight is 456 g/mol. The predicted molar refractivity (Wildman–Crippen MR) is 123 cm³/mol. The first kappa shape index (κ1) is 22.9. The average Bonchev–Trinajstić information content (AvgIpc) is 2.96. The van der Waals surface area contributed by atoms with E-state index >= 15 is 0 Å². The van der Waals surface area contributed by atoms with Crippen LogP contribution in [-0.2, 0) is 6.42 Å². The molecule has 152 valence electrons. The Hall–Kier alpha value is -0.410. The number of fused-ring (bicyclic) bond motifs is 1. The van der Waals surface area contributed by atoms with Crippen LogP contribution in [-0.4, -0.2) is 0 Å². The van der Waals surface area contributed by atoms with Gasteiger partial charge < -0.3 is 0 Å². The van der Waals surface area contributed by atoms with Crippen LogP contribution in [0.2, 0.25) is 0 Å². The third-order valence-electron chi connectivity index (χ3n) is 5.56. The largest absolute Gasteiger partial charge is 0.205 e. The van der Waals surface area contributed by atoms with Crippen molar-refractivity contribution < 1.29 is 4.39 Å². The lowest BCUT2D eigenvalue weighted by molar-refractivity contribution is 0.400. The number of halogens is 2. The lowest BCUT2D eigenvalue weighted by Gasteiger charge is -2.16. The van der Waals surface area contributed by atoms with Crippen LogP contribution in [0, 0.1) is 11.7 Å². The lowest BCUT2D eigenvalue weighted by atomic mass is 9.91. The highest BCUT2D eigenvalue weighted by atomic mass is 79.9. The predicted octanol–water partition coefficient (Wildman–Crippen LogP) is 9.68. The smallest absolute Gasteiger partial charge is 0.144 e. The number of hydrogen-bond donors (Lipinski definition) is 0. The van der Waals surface area contributed by atoms with Crippen molar-refractivity contribution in [1.82, 2.24) is 0 Å². The summed E-state index contributed by atoms with van der Waals surface area (Å²) in [7, 11) is 0. The van der Waals surface area contributed by atoms with E-state index in [9.17, 15) is 4.39 Å². The molecular weight excluding hydrogens is 419 g/mol. The first-order valence-corrected chi connectivity index (χ1v) is 12.6. The van der Waals surface area contributed by atoms with Crippen LogP contribution in [0.3, 0.4) is 0 Å². The van der Waals surface area contributed by atoms with Crippen LogP contribution < -0.4 is 0 Å². The molecule has 1 heterocycles. The second kappa shape index (κ2) is 12.9. The fourth-order valence-corrected chi connectivity index (χ4v) is 5.65. The molecule has 0 saturated heterocycles. The number of hydrogen-bond acceptors (Lipinski definition) is 1. The molecule has 2 rings (SSSR count). The quantitative estimate of drug-likeness (QED) is 0.249. The summed E-state index contributed by atoms with van der Waals surface area (Å²) in [4.78, 5) is 0.967. The highest BCUT2D eigenvalue weighted by Crippen LogP contribution is 2.35. The van der Waals surface area contributed by atoms with Gasteiger partial charge >= 0.3 is 0 Å². The zero-order valence-electron chi connectivity index (χ0n) is 17.2. The van der Waals surface area contributed by atoms with E-state index in [1.54, 1.807) is 11.3 Å². The fourth-order valence-electron chi connectivity index (χ4n) is 3.90. The lowest BCUT2D eigenvalue weighted by Crippen LogP contribution is -2.05. The normalized spacial score (nSPS) is 12.7. The molecule has 2 aromatic rings. The van der Waals surface area contributed by atoms with Crippen molar-refractivity contribution in [2.75, 3.05) is 0 Å². The molecule has 0 N–H and O–H groups in total. The maximum absolute atomic E-state index is 14.9. The Bertz CT molecular complexity index is 664. The summed E-state index contributed by atoms with van der Waals surface area (Å²) in [6, 6.07) is 5.91. The van der Waals surface area contributed by atoms with Crippen molar-refractivity contribution in [2.24, 2.45) is 5.92 Å². The summed E-state index contributed by atoms with van der Waals surface area (Å²) in [5.74, 6) is 0.669. The minimum absolute atomic E-state index is 0.0315. The van der Waals surface area contributed by atoms with Crippen LogP contribution in [0.25, 0.3) is 10.1 Å². The zero-order chi connectivity index (χ0) is 19.5. The third-order valence-corrected chi connectivity index (χ3v) is 7.21. The van der Waals surface area contributed by atoms with Gasteiger partial charge in [-0.2, -0.15) is 0 Å². The summed E-state index contributed by atoms with van der Waals surface area (Å²) < 4.78 is 17.0. The molecule has 1 aromatic carbocycles. The SMILES string of the molecule is CCCCCCCCC(CCCCCC)Cc1sc2cc(Br)ccc2c1F. The Kier molecular flexibility index (Phi) is 11.0. The first-order chi connectivity index (χ1) is 13.2. The summed E-state index contributed by atoms with van der Waals surface area (Å²) in [5.41, 5.74) is 0. The van der Waals surface area contributed by atoms with Crippen molar-refractivity contribution in [1.29, 1.82) is 0 Å². The summed E-state index contributed by atoms with van der Waals surface area (Å²) >= 11 is 5.17. The molecule has 0 aliphatic carbocycles. The van der Waals surface area contributed by atoms with Crippen molar-refractivity contribution >= 4 is 37.4 Å². The maximum Gasteiger partial charge on any atom is 0.144 e. The Labute approximate surface area is 178 Å². The molecule has 1 aromatic heterocycles. The topological polar surface area (TPSA) is 0 Å². The molecule has 1 unspecified atom stereocenters. The molecule has 0 nitrogen and oxygen atoms in total. The molecule has 0 aliphatic rings. The summed E-state index contributed by atoms with van der Waals surface area (Å²) in [5, 5.41) is 0.794. The highest BCUT2D eigenvalue weighted by molar-refractivity contribution is 9.10. The molecule has 1 atom stereocenters. The fraction of sp³-hybridized carbons (Fsp3) is 0.667. The van der Waals surface area contributed by atoms with Gasteiger partial charge in [-0.3, -0.25) is 0 Å². The molecule has 0 spiro atoms. The van der Waals surface area contributed by atoms with Gasteiger partial charge in [0, 0.05) is 19.4 Å². The zero-order valence-corrected chi connectivity index (χ0v) is 19.6.